The molecular weight excluding hydrogens is 344 g/mol. The molecule has 0 aliphatic rings. The minimum absolute atomic E-state index is 0.233. The largest absolute Gasteiger partial charge is 0.445 e. The van der Waals surface area contributed by atoms with Gasteiger partial charge in [-0.1, -0.05) is 41.9 Å². The SMILES string of the molecule is O=C(NCc1nc(Cl)ccc1Br)OCc1ccccc1. The Hall–Kier alpha value is -1.59. The van der Waals surface area contributed by atoms with Crippen molar-refractivity contribution in [2.45, 2.75) is 13.2 Å². The van der Waals surface area contributed by atoms with Gasteiger partial charge in [-0.15, -0.1) is 0 Å². The van der Waals surface area contributed by atoms with Gasteiger partial charge in [-0.2, -0.15) is 0 Å². The zero-order valence-electron chi connectivity index (χ0n) is 10.5. The highest BCUT2D eigenvalue weighted by molar-refractivity contribution is 9.10. The maximum absolute atomic E-state index is 11.6. The Balaban J connectivity index is 1.82. The Morgan fingerprint density at radius 1 is 1.25 bits per heavy atom. The first-order valence-corrected chi connectivity index (χ1v) is 7.08. The number of ether oxygens (including phenoxy) is 1. The molecule has 20 heavy (non-hydrogen) atoms. The highest BCUT2D eigenvalue weighted by Crippen LogP contribution is 2.17. The highest BCUT2D eigenvalue weighted by atomic mass is 79.9. The molecule has 1 heterocycles. The van der Waals surface area contributed by atoms with Crippen molar-refractivity contribution in [1.29, 1.82) is 0 Å². The molecule has 0 saturated heterocycles. The summed E-state index contributed by atoms with van der Waals surface area (Å²) in [6, 6.07) is 12.9. The van der Waals surface area contributed by atoms with Crippen molar-refractivity contribution >= 4 is 33.6 Å². The van der Waals surface area contributed by atoms with Crippen molar-refractivity contribution in [3.63, 3.8) is 0 Å². The van der Waals surface area contributed by atoms with E-state index in [9.17, 15) is 4.79 Å². The molecule has 1 amide bonds. The zero-order chi connectivity index (χ0) is 14.4. The van der Waals surface area contributed by atoms with E-state index in [2.05, 4.69) is 26.2 Å². The first-order valence-electron chi connectivity index (χ1n) is 5.90. The van der Waals surface area contributed by atoms with Crippen LogP contribution in [0.2, 0.25) is 5.15 Å². The summed E-state index contributed by atoms with van der Waals surface area (Å²) in [6.07, 6.45) is -0.498. The van der Waals surface area contributed by atoms with E-state index in [0.717, 1.165) is 10.0 Å². The van der Waals surface area contributed by atoms with Crippen molar-refractivity contribution in [3.8, 4) is 0 Å². The summed E-state index contributed by atoms with van der Waals surface area (Å²) in [7, 11) is 0. The first-order chi connectivity index (χ1) is 9.65. The van der Waals surface area contributed by atoms with E-state index in [1.165, 1.54) is 0 Å². The normalized spacial score (nSPS) is 10.1. The van der Waals surface area contributed by atoms with Crippen molar-refractivity contribution in [2.24, 2.45) is 0 Å². The van der Waals surface area contributed by atoms with Crippen molar-refractivity contribution < 1.29 is 9.53 Å². The summed E-state index contributed by atoms with van der Waals surface area (Å²) in [5, 5.41) is 3.00. The molecule has 2 aromatic rings. The molecule has 0 spiro atoms. The Morgan fingerprint density at radius 3 is 2.75 bits per heavy atom. The quantitative estimate of drug-likeness (QED) is 0.846. The fourth-order valence-corrected chi connectivity index (χ4v) is 2.04. The maximum Gasteiger partial charge on any atom is 0.407 e. The van der Waals surface area contributed by atoms with E-state index in [4.69, 9.17) is 16.3 Å². The second-order valence-electron chi connectivity index (χ2n) is 3.98. The number of carbonyl (C=O) groups excluding carboxylic acids is 1. The van der Waals surface area contributed by atoms with E-state index in [0.29, 0.717) is 10.8 Å². The number of hydrogen-bond acceptors (Lipinski definition) is 3. The molecule has 1 aromatic carbocycles. The molecule has 1 aromatic heterocycles. The molecular formula is C14H12BrClN2O2. The van der Waals surface area contributed by atoms with Crippen LogP contribution in [0.25, 0.3) is 0 Å². The molecule has 104 valence electrons. The lowest BCUT2D eigenvalue weighted by atomic mass is 10.2. The third-order valence-corrected chi connectivity index (χ3v) is 3.43. The molecule has 2 rings (SSSR count). The summed E-state index contributed by atoms with van der Waals surface area (Å²) in [5.41, 5.74) is 1.58. The van der Waals surface area contributed by atoms with E-state index in [1.54, 1.807) is 12.1 Å². The fraction of sp³-hybridized carbons (Fsp3) is 0.143. The van der Waals surface area contributed by atoms with Gasteiger partial charge in [0, 0.05) is 4.47 Å². The molecule has 6 heteroatoms. The smallest absolute Gasteiger partial charge is 0.407 e. The van der Waals surface area contributed by atoms with Gasteiger partial charge in [0.2, 0.25) is 0 Å². The molecule has 0 radical (unpaired) electrons. The molecule has 0 bridgehead atoms. The minimum atomic E-state index is -0.498. The van der Waals surface area contributed by atoms with E-state index < -0.39 is 6.09 Å². The summed E-state index contributed by atoms with van der Waals surface area (Å²) in [4.78, 5) is 15.7. The molecule has 1 N–H and O–H groups in total. The van der Waals surface area contributed by atoms with Gasteiger partial charge in [0.1, 0.15) is 11.8 Å². The van der Waals surface area contributed by atoms with E-state index >= 15 is 0 Å². The minimum Gasteiger partial charge on any atom is -0.445 e. The maximum atomic E-state index is 11.6. The predicted octanol–water partition coefficient (Wildman–Crippen LogP) is 3.92. The molecule has 0 aliphatic heterocycles. The van der Waals surface area contributed by atoms with Gasteiger partial charge in [0.05, 0.1) is 12.2 Å². The van der Waals surface area contributed by atoms with Gasteiger partial charge < -0.3 is 10.1 Å². The van der Waals surface area contributed by atoms with Crippen LogP contribution in [-0.2, 0) is 17.9 Å². The van der Waals surface area contributed by atoms with Gasteiger partial charge in [-0.3, -0.25) is 0 Å². The van der Waals surface area contributed by atoms with Crippen LogP contribution >= 0.6 is 27.5 Å². The van der Waals surface area contributed by atoms with Crippen LogP contribution in [0.1, 0.15) is 11.3 Å². The number of nitrogens with zero attached hydrogens (tertiary/aromatic N) is 1. The lowest BCUT2D eigenvalue weighted by Gasteiger charge is -2.08. The molecule has 0 fully saturated rings. The second kappa shape index (κ2) is 7.26. The lowest BCUT2D eigenvalue weighted by Crippen LogP contribution is -2.24. The molecule has 0 atom stereocenters. The van der Waals surface area contributed by atoms with E-state index in [1.807, 2.05) is 30.3 Å². The summed E-state index contributed by atoms with van der Waals surface area (Å²) in [6.45, 7) is 0.478. The number of aromatic nitrogens is 1. The summed E-state index contributed by atoms with van der Waals surface area (Å²) >= 11 is 9.14. The number of nitrogens with one attached hydrogen (secondary N) is 1. The van der Waals surface area contributed by atoms with Gasteiger partial charge in [0.15, 0.2) is 0 Å². The van der Waals surface area contributed by atoms with Crippen LogP contribution in [0, 0.1) is 0 Å². The Kier molecular flexibility index (Phi) is 5.38. The number of hydrogen-bond donors (Lipinski definition) is 1. The number of benzene rings is 1. The van der Waals surface area contributed by atoms with Gasteiger partial charge in [-0.05, 0) is 33.6 Å². The van der Waals surface area contributed by atoms with Crippen LogP contribution in [0.4, 0.5) is 4.79 Å². The van der Waals surface area contributed by atoms with Crippen LogP contribution in [0.15, 0.2) is 46.9 Å². The third-order valence-electron chi connectivity index (χ3n) is 2.50. The number of carbonyl (C=O) groups is 1. The predicted molar refractivity (Wildman–Crippen MR) is 80.4 cm³/mol. The number of amides is 1. The monoisotopic (exact) mass is 354 g/mol. The molecule has 4 nitrogen and oxygen atoms in total. The van der Waals surface area contributed by atoms with Crippen molar-refractivity contribution in [2.75, 3.05) is 0 Å². The highest BCUT2D eigenvalue weighted by Gasteiger charge is 2.06. The van der Waals surface area contributed by atoms with Gasteiger partial charge in [0.25, 0.3) is 0 Å². The van der Waals surface area contributed by atoms with Crippen LogP contribution in [0.5, 0.6) is 0 Å². The number of rotatable bonds is 4. The topological polar surface area (TPSA) is 51.2 Å². The van der Waals surface area contributed by atoms with Crippen LogP contribution in [0.3, 0.4) is 0 Å². The molecule has 0 saturated carbocycles. The van der Waals surface area contributed by atoms with Gasteiger partial charge >= 0.3 is 6.09 Å². The summed E-state index contributed by atoms with van der Waals surface area (Å²) in [5.74, 6) is 0. The van der Waals surface area contributed by atoms with Gasteiger partial charge in [-0.25, -0.2) is 9.78 Å². The Bertz CT molecular complexity index is 593. The second-order valence-corrected chi connectivity index (χ2v) is 5.22. The van der Waals surface area contributed by atoms with Crippen molar-refractivity contribution in [3.05, 3.63) is 63.3 Å². The first kappa shape index (κ1) is 14.8. The average molecular weight is 356 g/mol. The number of pyridine rings is 1. The van der Waals surface area contributed by atoms with Crippen LogP contribution < -0.4 is 5.32 Å². The lowest BCUT2D eigenvalue weighted by molar-refractivity contribution is 0.139. The molecule has 0 aliphatic carbocycles. The zero-order valence-corrected chi connectivity index (χ0v) is 12.8. The average Bonchev–Trinajstić information content (AvgIpc) is 2.47. The molecule has 0 unspecified atom stereocenters. The fourth-order valence-electron chi connectivity index (χ4n) is 1.51. The number of alkyl carbamates (subject to hydrolysis) is 1. The Morgan fingerprint density at radius 2 is 2.00 bits per heavy atom. The standard InChI is InChI=1S/C14H12BrClN2O2/c15-11-6-7-13(16)18-12(11)8-17-14(19)20-9-10-4-2-1-3-5-10/h1-7H,8-9H2,(H,17,19). The number of halogens is 2. The van der Waals surface area contributed by atoms with E-state index in [-0.39, 0.29) is 13.2 Å². The third kappa shape index (κ3) is 4.51. The van der Waals surface area contributed by atoms with Crippen molar-refractivity contribution in [1.82, 2.24) is 10.3 Å². The summed E-state index contributed by atoms with van der Waals surface area (Å²) < 4.78 is 5.88. The van der Waals surface area contributed by atoms with Crippen LogP contribution in [-0.4, -0.2) is 11.1 Å². The Labute approximate surface area is 130 Å².